The highest BCUT2D eigenvalue weighted by Gasteiger charge is 2.38. The molecule has 0 saturated carbocycles. The molecule has 4 heteroatoms. The maximum atomic E-state index is 12.0. The van der Waals surface area contributed by atoms with Gasteiger partial charge >= 0.3 is 0 Å². The Balaban J connectivity index is 2.16. The van der Waals surface area contributed by atoms with Crippen LogP contribution in [0.4, 0.5) is 0 Å². The second kappa shape index (κ2) is 4.79. The summed E-state index contributed by atoms with van der Waals surface area (Å²) >= 11 is 0. The first-order valence-corrected chi connectivity index (χ1v) is 5.50. The van der Waals surface area contributed by atoms with E-state index in [-0.39, 0.29) is 37.1 Å². The average molecular weight is 228 g/mol. The molecule has 1 unspecified atom stereocenters. The van der Waals surface area contributed by atoms with Crippen LogP contribution in [-0.2, 0) is 9.59 Å². The number of nitriles is 1. The highest BCUT2D eigenvalue weighted by Crippen LogP contribution is 2.29. The van der Waals surface area contributed by atoms with E-state index in [0.717, 1.165) is 5.56 Å². The summed E-state index contributed by atoms with van der Waals surface area (Å²) in [6.45, 7) is 0.206. The molecule has 1 atom stereocenters. The third-order valence-electron chi connectivity index (χ3n) is 2.89. The molecular weight excluding hydrogens is 216 g/mol. The van der Waals surface area contributed by atoms with Crippen molar-refractivity contribution in [3.63, 3.8) is 0 Å². The van der Waals surface area contributed by atoms with Crippen LogP contribution in [0, 0.1) is 11.3 Å². The maximum Gasteiger partial charge on any atom is 0.237 e. The van der Waals surface area contributed by atoms with Gasteiger partial charge in [-0.05, 0) is 5.56 Å². The molecule has 0 spiro atoms. The summed E-state index contributed by atoms with van der Waals surface area (Å²) in [6, 6.07) is 11.2. The smallest absolute Gasteiger partial charge is 0.237 e. The van der Waals surface area contributed by atoms with Crippen molar-refractivity contribution >= 4 is 11.8 Å². The molecule has 0 radical (unpaired) electrons. The largest absolute Gasteiger partial charge is 0.281 e. The molecule has 0 bridgehead atoms. The van der Waals surface area contributed by atoms with Gasteiger partial charge in [0.15, 0.2) is 0 Å². The van der Waals surface area contributed by atoms with Crippen LogP contribution in [0.3, 0.4) is 0 Å². The van der Waals surface area contributed by atoms with E-state index in [2.05, 4.69) is 0 Å². The van der Waals surface area contributed by atoms with Crippen molar-refractivity contribution in [2.24, 2.45) is 0 Å². The van der Waals surface area contributed by atoms with Gasteiger partial charge < -0.3 is 0 Å². The molecular formula is C13H12N2O2. The van der Waals surface area contributed by atoms with Crippen molar-refractivity contribution in [1.29, 1.82) is 5.26 Å². The Morgan fingerprint density at radius 3 is 2.65 bits per heavy atom. The molecule has 1 aliphatic heterocycles. The lowest BCUT2D eigenvalue weighted by Gasteiger charge is -2.12. The third kappa shape index (κ3) is 2.18. The Morgan fingerprint density at radius 2 is 2.00 bits per heavy atom. The summed E-state index contributed by atoms with van der Waals surface area (Å²) in [5, 5.41) is 8.48. The van der Waals surface area contributed by atoms with Gasteiger partial charge in [-0.3, -0.25) is 14.5 Å². The fourth-order valence-corrected chi connectivity index (χ4v) is 2.03. The summed E-state index contributed by atoms with van der Waals surface area (Å²) in [5.41, 5.74) is 0.866. The summed E-state index contributed by atoms with van der Waals surface area (Å²) in [4.78, 5) is 24.9. The SMILES string of the molecule is N#CCCN1C(=O)CC(c2ccccc2)C1=O. The molecule has 4 nitrogen and oxygen atoms in total. The van der Waals surface area contributed by atoms with Crippen LogP contribution in [0.15, 0.2) is 30.3 Å². The van der Waals surface area contributed by atoms with E-state index >= 15 is 0 Å². The van der Waals surface area contributed by atoms with Crippen LogP contribution in [0.2, 0.25) is 0 Å². The zero-order chi connectivity index (χ0) is 12.3. The molecule has 1 aromatic rings. The van der Waals surface area contributed by atoms with E-state index in [1.54, 1.807) is 0 Å². The molecule has 1 fully saturated rings. The Labute approximate surface area is 99.5 Å². The van der Waals surface area contributed by atoms with E-state index in [9.17, 15) is 9.59 Å². The maximum absolute atomic E-state index is 12.0. The quantitative estimate of drug-likeness (QED) is 0.735. The Kier molecular flexibility index (Phi) is 3.20. The van der Waals surface area contributed by atoms with Crippen molar-refractivity contribution in [1.82, 2.24) is 4.90 Å². The van der Waals surface area contributed by atoms with E-state index in [4.69, 9.17) is 5.26 Å². The number of hydrogen-bond donors (Lipinski definition) is 0. The topological polar surface area (TPSA) is 61.2 Å². The minimum atomic E-state index is -0.373. The standard InChI is InChI=1S/C13H12N2O2/c14-7-4-8-15-12(16)9-11(13(15)17)10-5-2-1-3-6-10/h1-3,5-6,11H,4,8-9H2. The van der Waals surface area contributed by atoms with E-state index < -0.39 is 0 Å². The second-order valence-corrected chi connectivity index (χ2v) is 3.96. The zero-order valence-electron chi connectivity index (χ0n) is 9.30. The van der Waals surface area contributed by atoms with Crippen molar-refractivity contribution in [2.75, 3.05) is 6.54 Å². The zero-order valence-corrected chi connectivity index (χ0v) is 9.30. The van der Waals surface area contributed by atoms with Crippen LogP contribution < -0.4 is 0 Å². The van der Waals surface area contributed by atoms with Gasteiger partial charge in [-0.2, -0.15) is 5.26 Å². The van der Waals surface area contributed by atoms with Crippen molar-refractivity contribution in [3.05, 3.63) is 35.9 Å². The lowest BCUT2D eigenvalue weighted by Crippen LogP contribution is -2.31. The first-order valence-electron chi connectivity index (χ1n) is 5.50. The number of benzene rings is 1. The molecule has 86 valence electrons. The lowest BCUT2D eigenvalue weighted by molar-refractivity contribution is -0.138. The number of hydrogen-bond acceptors (Lipinski definition) is 3. The fourth-order valence-electron chi connectivity index (χ4n) is 2.03. The van der Waals surface area contributed by atoms with E-state index in [1.165, 1.54) is 4.90 Å². The molecule has 17 heavy (non-hydrogen) atoms. The summed E-state index contributed by atoms with van der Waals surface area (Å²) < 4.78 is 0. The Hall–Kier alpha value is -2.15. The van der Waals surface area contributed by atoms with Gasteiger partial charge in [0.05, 0.1) is 18.4 Å². The third-order valence-corrected chi connectivity index (χ3v) is 2.89. The summed E-state index contributed by atoms with van der Waals surface area (Å²) in [7, 11) is 0. The van der Waals surface area contributed by atoms with Crippen LogP contribution in [0.25, 0.3) is 0 Å². The van der Waals surface area contributed by atoms with Gasteiger partial charge in [0, 0.05) is 13.0 Å². The monoisotopic (exact) mass is 228 g/mol. The lowest BCUT2D eigenvalue weighted by atomic mass is 9.98. The van der Waals surface area contributed by atoms with Gasteiger partial charge in [0.25, 0.3) is 0 Å². The number of carbonyl (C=O) groups excluding carboxylic acids is 2. The average Bonchev–Trinajstić information content (AvgIpc) is 2.64. The van der Waals surface area contributed by atoms with Gasteiger partial charge in [0.1, 0.15) is 0 Å². The van der Waals surface area contributed by atoms with E-state index in [0.29, 0.717) is 0 Å². The normalized spacial score (nSPS) is 19.5. The molecule has 0 N–H and O–H groups in total. The van der Waals surface area contributed by atoms with Crippen molar-refractivity contribution in [2.45, 2.75) is 18.8 Å². The highest BCUT2D eigenvalue weighted by atomic mass is 16.2. The molecule has 1 saturated heterocycles. The molecule has 1 aliphatic rings. The predicted molar refractivity (Wildman–Crippen MR) is 60.8 cm³/mol. The Morgan fingerprint density at radius 1 is 1.29 bits per heavy atom. The number of nitrogens with zero attached hydrogens (tertiary/aromatic N) is 2. The van der Waals surface area contributed by atoms with Crippen LogP contribution in [0.1, 0.15) is 24.3 Å². The van der Waals surface area contributed by atoms with Crippen molar-refractivity contribution in [3.8, 4) is 6.07 Å². The predicted octanol–water partition coefficient (Wildman–Crippen LogP) is 1.44. The minimum Gasteiger partial charge on any atom is -0.281 e. The number of rotatable bonds is 3. The molecule has 2 rings (SSSR count). The first-order chi connectivity index (χ1) is 8.24. The van der Waals surface area contributed by atoms with E-state index in [1.807, 2.05) is 36.4 Å². The van der Waals surface area contributed by atoms with Gasteiger partial charge in [-0.1, -0.05) is 30.3 Å². The van der Waals surface area contributed by atoms with Gasteiger partial charge in [-0.15, -0.1) is 0 Å². The first kappa shape index (κ1) is 11.3. The van der Waals surface area contributed by atoms with Crippen LogP contribution >= 0.6 is 0 Å². The molecule has 1 aromatic carbocycles. The number of amides is 2. The second-order valence-electron chi connectivity index (χ2n) is 3.96. The number of likely N-dealkylation sites (tertiary alicyclic amines) is 1. The Bertz CT molecular complexity index is 476. The van der Waals surface area contributed by atoms with Gasteiger partial charge in [0.2, 0.25) is 11.8 Å². The van der Waals surface area contributed by atoms with Crippen LogP contribution in [-0.4, -0.2) is 23.3 Å². The van der Waals surface area contributed by atoms with Crippen LogP contribution in [0.5, 0.6) is 0 Å². The molecule has 0 aromatic heterocycles. The van der Waals surface area contributed by atoms with Crippen molar-refractivity contribution < 1.29 is 9.59 Å². The minimum absolute atomic E-state index is 0.181. The number of imide groups is 1. The highest BCUT2D eigenvalue weighted by molar-refractivity contribution is 6.06. The molecule has 0 aliphatic carbocycles. The fraction of sp³-hybridized carbons (Fsp3) is 0.308. The molecule has 1 heterocycles. The molecule has 2 amide bonds. The number of carbonyl (C=O) groups is 2. The van der Waals surface area contributed by atoms with Gasteiger partial charge in [-0.25, -0.2) is 0 Å². The summed E-state index contributed by atoms with van der Waals surface area (Å²) in [6.07, 6.45) is 0.410. The summed E-state index contributed by atoms with van der Waals surface area (Å²) in [5.74, 6) is -0.738.